The van der Waals surface area contributed by atoms with Gasteiger partial charge in [-0.2, -0.15) is 0 Å². The molecule has 0 heterocycles. The number of nitrogens with one attached hydrogen (secondary N) is 1. The molecule has 0 spiro atoms. The third kappa shape index (κ3) is 5.42. The Hall–Kier alpha value is -2.71. The van der Waals surface area contributed by atoms with E-state index in [1.54, 1.807) is 25.1 Å². The quantitative estimate of drug-likeness (QED) is 0.701. The average molecular weight is 416 g/mol. The van der Waals surface area contributed by atoms with Gasteiger partial charge >= 0.3 is 5.97 Å². The number of hydrogen-bond acceptors (Lipinski definition) is 5. The highest BCUT2D eigenvalue weighted by Crippen LogP contribution is 2.22. The lowest BCUT2D eigenvalue weighted by atomic mass is 9.90. The largest absolute Gasteiger partial charge is 0.452 e. The van der Waals surface area contributed by atoms with Crippen LogP contribution >= 0.6 is 0 Å². The zero-order chi connectivity index (χ0) is 21.0. The van der Waals surface area contributed by atoms with E-state index in [9.17, 15) is 18.0 Å². The van der Waals surface area contributed by atoms with E-state index in [-0.39, 0.29) is 10.9 Å². The first-order valence-electron chi connectivity index (χ1n) is 9.45. The van der Waals surface area contributed by atoms with Gasteiger partial charge in [0.2, 0.25) is 10.0 Å². The fraction of sp³-hybridized carbons (Fsp3) is 0.333. The number of nitrogens with two attached hydrogens (primary N) is 1. The molecule has 0 saturated heterocycles. The molecule has 1 amide bonds. The molecule has 0 radical (unpaired) electrons. The number of rotatable bonds is 6. The second kappa shape index (κ2) is 8.75. The van der Waals surface area contributed by atoms with E-state index in [2.05, 4.69) is 5.32 Å². The van der Waals surface area contributed by atoms with E-state index in [0.717, 1.165) is 19.3 Å². The van der Waals surface area contributed by atoms with Gasteiger partial charge in [-0.25, -0.2) is 18.4 Å². The topological polar surface area (TPSA) is 116 Å². The van der Waals surface area contributed by atoms with Crippen molar-refractivity contribution in [3.05, 3.63) is 64.7 Å². The maximum absolute atomic E-state index is 12.3. The zero-order valence-corrected chi connectivity index (χ0v) is 17.0. The lowest BCUT2D eigenvalue weighted by Crippen LogP contribution is -2.31. The van der Waals surface area contributed by atoms with E-state index < -0.39 is 28.5 Å². The molecule has 2 aromatic carbocycles. The summed E-state index contributed by atoms with van der Waals surface area (Å²) in [5.74, 6) is -0.974. The lowest BCUT2D eigenvalue weighted by Gasteiger charge is -2.17. The Morgan fingerprint density at radius 1 is 1.07 bits per heavy atom. The van der Waals surface area contributed by atoms with Crippen molar-refractivity contribution in [1.82, 2.24) is 5.32 Å². The van der Waals surface area contributed by atoms with Gasteiger partial charge in [0.1, 0.15) is 0 Å². The average Bonchev–Trinajstić information content (AvgIpc) is 2.71. The number of esters is 1. The molecule has 0 aliphatic heterocycles. The molecule has 0 unspecified atom stereocenters. The lowest BCUT2D eigenvalue weighted by molar-refractivity contribution is -0.124. The van der Waals surface area contributed by atoms with Crippen molar-refractivity contribution in [2.45, 2.75) is 43.5 Å². The van der Waals surface area contributed by atoms with Crippen LogP contribution in [0.15, 0.2) is 47.4 Å². The first kappa shape index (κ1) is 21.0. The van der Waals surface area contributed by atoms with Crippen molar-refractivity contribution in [3.63, 3.8) is 0 Å². The van der Waals surface area contributed by atoms with Crippen molar-refractivity contribution in [1.29, 1.82) is 0 Å². The summed E-state index contributed by atoms with van der Waals surface area (Å²) >= 11 is 0. The fourth-order valence-electron chi connectivity index (χ4n) is 3.39. The zero-order valence-electron chi connectivity index (χ0n) is 16.2. The van der Waals surface area contributed by atoms with Crippen LogP contribution in [0.4, 0.5) is 0 Å². The van der Waals surface area contributed by atoms with Gasteiger partial charge in [0.15, 0.2) is 6.61 Å². The summed E-state index contributed by atoms with van der Waals surface area (Å²) in [6, 6.07) is 11.1. The van der Waals surface area contributed by atoms with Crippen LogP contribution in [0.2, 0.25) is 0 Å². The molecule has 3 rings (SSSR count). The second-order valence-corrected chi connectivity index (χ2v) is 8.73. The van der Waals surface area contributed by atoms with Gasteiger partial charge in [-0.15, -0.1) is 0 Å². The van der Waals surface area contributed by atoms with Gasteiger partial charge in [-0.3, -0.25) is 4.79 Å². The minimum absolute atomic E-state index is 0.00115. The minimum atomic E-state index is -3.76. The molecule has 0 saturated carbocycles. The number of ether oxygens (including phenoxy) is 1. The molecule has 1 atom stereocenters. The van der Waals surface area contributed by atoms with E-state index in [1.807, 2.05) is 12.1 Å². The number of amides is 1. The maximum Gasteiger partial charge on any atom is 0.338 e. The predicted octanol–water partition coefficient (Wildman–Crippen LogP) is 2.25. The number of carbonyl (C=O) groups excluding carboxylic acids is 2. The summed E-state index contributed by atoms with van der Waals surface area (Å²) in [5.41, 5.74) is 3.59. The van der Waals surface area contributed by atoms with E-state index in [4.69, 9.17) is 9.88 Å². The maximum atomic E-state index is 12.3. The normalized spacial score (nSPS) is 14.6. The van der Waals surface area contributed by atoms with Crippen molar-refractivity contribution in [3.8, 4) is 0 Å². The number of sulfonamides is 1. The van der Waals surface area contributed by atoms with Crippen LogP contribution in [0.3, 0.4) is 0 Å². The van der Waals surface area contributed by atoms with E-state index in [1.165, 1.54) is 29.7 Å². The summed E-state index contributed by atoms with van der Waals surface area (Å²) in [5, 5.41) is 7.79. The van der Waals surface area contributed by atoms with Crippen LogP contribution < -0.4 is 10.5 Å². The molecule has 3 N–H and O–H groups in total. The Bertz CT molecular complexity index is 1020. The van der Waals surface area contributed by atoms with Crippen LogP contribution in [0.25, 0.3) is 0 Å². The summed E-state index contributed by atoms with van der Waals surface area (Å²) in [7, 11) is -3.76. The molecule has 29 heavy (non-hydrogen) atoms. The third-order valence-corrected chi connectivity index (χ3v) is 5.93. The van der Waals surface area contributed by atoms with Crippen molar-refractivity contribution < 1.29 is 22.7 Å². The van der Waals surface area contributed by atoms with Crippen LogP contribution in [-0.4, -0.2) is 26.9 Å². The highest BCUT2D eigenvalue weighted by atomic mass is 32.2. The number of fused-ring (bicyclic) bond motifs is 1. The van der Waals surface area contributed by atoms with Gasteiger partial charge in [0, 0.05) is 0 Å². The molecular weight excluding hydrogens is 392 g/mol. The van der Waals surface area contributed by atoms with E-state index >= 15 is 0 Å². The van der Waals surface area contributed by atoms with Crippen molar-refractivity contribution >= 4 is 21.9 Å². The van der Waals surface area contributed by atoms with Crippen LogP contribution in [0.5, 0.6) is 0 Å². The number of primary sulfonamides is 1. The number of benzene rings is 2. The molecule has 0 aromatic heterocycles. The highest BCUT2D eigenvalue weighted by Gasteiger charge is 2.16. The standard InChI is InChI=1S/C21H24N2O5S/c1-14(15-8-10-19(11-9-15)29(22,26)27)23-20(24)13-28-21(25)18-7-6-16-4-2-3-5-17(16)12-18/h6-12,14H,2-5,13H2,1H3,(H,23,24)(H2,22,26,27)/t14-/m0/s1. The number of carbonyl (C=O) groups is 2. The van der Waals surface area contributed by atoms with Crippen LogP contribution in [0, 0.1) is 0 Å². The molecule has 8 heteroatoms. The second-order valence-electron chi connectivity index (χ2n) is 7.17. The summed E-state index contributed by atoms with van der Waals surface area (Å²) in [6.45, 7) is 1.35. The molecule has 0 bridgehead atoms. The first-order valence-corrected chi connectivity index (χ1v) is 11.0. The third-order valence-electron chi connectivity index (χ3n) is 5.00. The molecule has 1 aliphatic carbocycles. The van der Waals surface area contributed by atoms with Gasteiger partial charge in [0.05, 0.1) is 16.5 Å². The summed E-state index contributed by atoms with van der Waals surface area (Å²) in [6.07, 6.45) is 4.27. The summed E-state index contributed by atoms with van der Waals surface area (Å²) in [4.78, 5) is 24.4. The Labute approximate surface area is 170 Å². The van der Waals surface area contributed by atoms with Crippen molar-refractivity contribution in [2.24, 2.45) is 5.14 Å². The van der Waals surface area contributed by atoms with Crippen LogP contribution in [-0.2, 0) is 32.4 Å². The Morgan fingerprint density at radius 2 is 1.72 bits per heavy atom. The van der Waals surface area contributed by atoms with Crippen molar-refractivity contribution in [2.75, 3.05) is 6.61 Å². The first-order chi connectivity index (χ1) is 13.7. The molecule has 7 nitrogen and oxygen atoms in total. The molecule has 0 fully saturated rings. The van der Waals surface area contributed by atoms with Gasteiger partial charge in [0.25, 0.3) is 5.91 Å². The van der Waals surface area contributed by atoms with E-state index in [0.29, 0.717) is 11.1 Å². The molecule has 2 aromatic rings. The molecular formula is C21H24N2O5S. The minimum Gasteiger partial charge on any atom is -0.452 e. The monoisotopic (exact) mass is 416 g/mol. The molecule has 1 aliphatic rings. The molecule has 154 valence electrons. The Morgan fingerprint density at radius 3 is 2.38 bits per heavy atom. The SMILES string of the molecule is C[C@H](NC(=O)COC(=O)c1ccc2c(c1)CCCC2)c1ccc(S(N)(=O)=O)cc1. The van der Waals surface area contributed by atoms with Crippen LogP contribution in [0.1, 0.15) is 52.9 Å². The summed E-state index contributed by atoms with van der Waals surface area (Å²) < 4.78 is 27.7. The van der Waals surface area contributed by atoms with Gasteiger partial charge in [-0.1, -0.05) is 18.2 Å². The number of hydrogen-bond donors (Lipinski definition) is 2. The number of aryl methyl sites for hydroxylation is 2. The fourth-order valence-corrected chi connectivity index (χ4v) is 3.90. The Balaban J connectivity index is 1.53. The Kier molecular flexibility index (Phi) is 6.34. The smallest absolute Gasteiger partial charge is 0.338 e. The predicted molar refractivity (Wildman–Crippen MR) is 108 cm³/mol. The van der Waals surface area contributed by atoms with Gasteiger partial charge < -0.3 is 10.1 Å². The van der Waals surface area contributed by atoms with Gasteiger partial charge in [-0.05, 0) is 73.6 Å². The highest BCUT2D eigenvalue weighted by molar-refractivity contribution is 7.89.